The average molecular weight is 236 g/mol. The smallest absolute Gasteiger partial charge is 0.229 e. The topological polar surface area (TPSA) is 49.4 Å². The summed E-state index contributed by atoms with van der Waals surface area (Å²) in [4.78, 5) is 24.1. The largest absolute Gasteiger partial charge is 0.351 e. The zero-order chi connectivity index (χ0) is 12.4. The van der Waals surface area contributed by atoms with Gasteiger partial charge in [0.25, 0.3) is 0 Å². The van der Waals surface area contributed by atoms with Crippen molar-refractivity contribution in [2.24, 2.45) is 0 Å². The number of hydrogen-bond acceptors (Lipinski definition) is 2. The van der Waals surface area contributed by atoms with E-state index in [0.717, 1.165) is 0 Å². The molecule has 0 radical (unpaired) electrons. The van der Waals surface area contributed by atoms with E-state index in [1.807, 2.05) is 0 Å². The molecule has 1 saturated heterocycles. The molecule has 0 spiro atoms. The molecule has 90 valence electrons. The molecular formula is C12H13FN2O2. The van der Waals surface area contributed by atoms with Crippen LogP contribution in [0.25, 0.3) is 0 Å². The fourth-order valence-electron chi connectivity index (χ4n) is 1.99. The molecule has 1 aliphatic heterocycles. The van der Waals surface area contributed by atoms with Gasteiger partial charge in [-0.3, -0.25) is 9.59 Å². The molecule has 0 saturated carbocycles. The average Bonchev–Trinajstić information content (AvgIpc) is 2.58. The second-order valence-corrected chi connectivity index (χ2v) is 4.09. The van der Waals surface area contributed by atoms with Crippen molar-refractivity contribution in [3.63, 3.8) is 0 Å². The first kappa shape index (κ1) is 11.6. The number of carbonyl (C=O) groups is 2. The van der Waals surface area contributed by atoms with Gasteiger partial charge >= 0.3 is 0 Å². The summed E-state index contributed by atoms with van der Waals surface area (Å²) >= 11 is 0. The van der Waals surface area contributed by atoms with E-state index in [-0.39, 0.29) is 30.1 Å². The molecule has 0 aliphatic carbocycles. The summed E-state index contributed by atoms with van der Waals surface area (Å²) in [6, 6.07) is 5.69. The van der Waals surface area contributed by atoms with E-state index in [4.69, 9.17) is 0 Å². The summed E-state index contributed by atoms with van der Waals surface area (Å²) < 4.78 is 13.0. The van der Waals surface area contributed by atoms with Gasteiger partial charge < -0.3 is 10.2 Å². The Morgan fingerprint density at radius 3 is 2.94 bits per heavy atom. The maximum atomic E-state index is 13.0. The van der Waals surface area contributed by atoms with Crippen LogP contribution in [-0.4, -0.2) is 24.4 Å². The Bertz CT molecular complexity index is 462. The van der Waals surface area contributed by atoms with Crippen LogP contribution in [0.4, 0.5) is 10.1 Å². The molecule has 1 aliphatic rings. The quantitative estimate of drug-likeness (QED) is 0.835. The molecule has 1 aromatic carbocycles. The third-order valence-electron chi connectivity index (χ3n) is 2.65. The molecule has 0 aromatic heterocycles. The number of nitrogens with zero attached hydrogens (tertiary/aromatic N) is 1. The van der Waals surface area contributed by atoms with Gasteiger partial charge in [0.2, 0.25) is 11.8 Å². The van der Waals surface area contributed by atoms with Crippen LogP contribution in [0.3, 0.4) is 0 Å². The third-order valence-corrected chi connectivity index (χ3v) is 2.65. The van der Waals surface area contributed by atoms with Crippen molar-refractivity contribution in [1.82, 2.24) is 5.32 Å². The molecule has 1 atom stereocenters. The second kappa shape index (κ2) is 4.53. The van der Waals surface area contributed by atoms with Gasteiger partial charge in [0.1, 0.15) is 5.82 Å². The zero-order valence-electron chi connectivity index (χ0n) is 9.44. The fourth-order valence-corrected chi connectivity index (χ4v) is 1.99. The highest BCUT2D eigenvalue weighted by Crippen LogP contribution is 2.22. The van der Waals surface area contributed by atoms with Gasteiger partial charge in [0.15, 0.2) is 0 Å². The van der Waals surface area contributed by atoms with E-state index in [9.17, 15) is 14.0 Å². The SMILES string of the molecule is CC(=O)N[C@H]1CC(=O)N(c2cccc(F)c2)C1. The highest BCUT2D eigenvalue weighted by Gasteiger charge is 2.31. The number of halogens is 1. The minimum Gasteiger partial charge on any atom is -0.351 e. The molecule has 4 nitrogen and oxygen atoms in total. The van der Waals surface area contributed by atoms with Gasteiger partial charge in [-0.15, -0.1) is 0 Å². The van der Waals surface area contributed by atoms with Crippen LogP contribution in [0, 0.1) is 5.82 Å². The zero-order valence-corrected chi connectivity index (χ0v) is 9.44. The third kappa shape index (κ3) is 2.61. The van der Waals surface area contributed by atoms with E-state index in [2.05, 4.69) is 5.32 Å². The normalized spacial score (nSPS) is 19.5. The Labute approximate surface area is 98.4 Å². The van der Waals surface area contributed by atoms with Crippen LogP contribution < -0.4 is 10.2 Å². The molecule has 5 heteroatoms. The summed E-state index contributed by atoms with van der Waals surface area (Å²) in [5, 5.41) is 2.69. The lowest BCUT2D eigenvalue weighted by molar-refractivity contribution is -0.119. The highest BCUT2D eigenvalue weighted by atomic mass is 19.1. The Morgan fingerprint density at radius 2 is 2.29 bits per heavy atom. The van der Waals surface area contributed by atoms with Crippen LogP contribution in [0.1, 0.15) is 13.3 Å². The number of amides is 2. The van der Waals surface area contributed by atoms with Crippen LogP contribution in [-0.2, 0) is 9.59 Å². The van der Waals surface area contributed by atoms with Gasteiger partial charge in [-0.1, -0.05) is 6.07 Å². The maximum Gasteiger partial charge on any atom is 0.229 e. The van der Waals surface area contributed by atoms with Crippen molar-refractivity contribution in [3.8, 4) is 0 Å². The molecule has 1 aromatic rings. The fraction of sp³-hybridized carbons (Fsp3) is 0.333. The predicted molar refractivity (Wildman–Crippen MR) is 61.0 cm³/mol. The summed E-state index contributed by atoms with van der Waals surface area (Å²) in [7, 11) is 0. The molecule has 1 fully saturated rings. The first-order chi connectivity index (χ1) is 8.06. The van der Waals surface area contributed by atoms with Crippen LogP contribution in [0.15, 0.2) is 24.3 Å². The van der Waals surface area contributed by atoms with Crippen molar-refractivity contribution in [2.75, 3.05) is 11.4 Å². The lowest BCUT2D eigenvalue weighted by Crippen LogP contribution is -2.35. The summed E-state index contributed by atoms with van der Waals surface area (Å²) in [6.45, 7) is 1.80. The summed E-state index contributed by atoms with van der Waals surface area (Å²) in [5.41, 5.74) is 0.530. The number of anilines is 1. The molecule has 2 amide bonds. The van der Waals surface area contributed by atoms with Crippen LogP contribution >= 0.6 is 0 Å². The predicted octanol–water partition coefficient (Wildman–Crippen LogP) is 1.07. The second-order valence-electron chi connectivity index (χ2n) is 4.09. The minimum absolute atomic E-state index is 0.102. The van der Waals surface area contributed by atoms with Crippen molar-refractivity contribution in [1.29, 1.82) is 0 Å². The van der Waals surface area contributed by atoms with Gasteiger partial charge in [0, 0.05) is 25.6 Å². The van der Waals surface area contributed by atoms with Gasteiger partial charge in [-0.2, -0.15) is 0 Å². The van der Waals surface area contributed by atoms with Crippen LogP contribution in [0.5, 0.6) is 0 Å². The molecule has 1 N–H and O–H groups in total. The maximum absolute atomic E-state index is 13.0. The molecular weight excluding hydrogens is 223 g/mol. The van der Waals surface area contributed by atoms with E-state index in [0.29, 0.717) is 12.2 Å². The monoisotopic (exact) mass is 236 g/mol. The number of rotatable bonds is 2. The van der Waals surface area contributed by atoms with Crippen molar-refractivity contribution in [2.45, 2.75) is 19.4 Å². The van der Waals surface area contributed by atoms with E-state index in [1.54, 1.807) is 12.1 Å². The molecule has 0 unspecified atom stereocenters. The highest BCUT2D eigenvalue weighted by molar-refractivity contribution is 5.96. The van der Waals surface area contributed by atoms with E-state index >= 15 is 0 Å². The van der Waals surface area contributed by atoms with Crippen molar-refractivity contribution in [3.05, 3.63) is 30.1 Å². The lowest BCUT2D eigenvalue weighted by atomic mass is 10.2. The summed E-state index contributed by atoms with van der Waals surface area (Å²) in [5.74, 6) is -0.642. The molecule has 0 bridgehead atoms. The van der Waals surface area contributed by atoms with Crippen molar-refractivity contribution >= 4 is 17.5 Å². The Balaban J connectivity index is 2.13. The van der Waals surface area contributed by atoms with Gasteiger partial charge in [-0.05, 0) is 18.2 Å². The Morgan fingerprint density at radius 1 is 1.53 bits per heavy atom. The molecule has 1 heterocycles. The minimum atomic E-state index is -0.377. The van der Waals surface area contributed by atoms with Gasteiger partial charge in [0.05, 0.1) is 6.04 Å². The Hall–Kier alpha value is -1.91. The number of carbonyl (C=O) groups excluding carboxylic acids is 2. The van der Waals surface area contributed by atoms with E-state index < -0.39 is 0 Å². The number of benzene rings is 1. The first-order valence-corrected chi connectivity index (χ1v) is 5.39. The number of hydrogen-bond donors (Lipinski definition) is 1. The summed E-state index contributed by atoms with van der Waals surface area (Å²) in [6.07, 6.45) is 0.260. The van der Waals surface area contributed by atoms with Crippen molar-refractivity contribution < 1.29 is 14.0 Å². The standard InChI is InChI=1S/C12H13FN2O2/c1-8(16)14-10-6-12(17)15(7-10)11-4-2-3-9(13)5-11/h2-5,10H,6-7H2,1H3,(H,14,16)/t10-/m0/s1. The first-order valence-electron chi connectivity index (χ1n) is 5.39. The number of nitrogens with one attached hydrogen (secondary N) is 1. The lowest BCUT2D eigenvalue weighted by Gasteiger charge is -2.16. The molecule has 17 heavy (non-hydrogen) atoms. The molecule has 2 rings (SSSR count). The van der Waals surface area contributed by atoms with E-state index in [1.165, 1.54) is 24.0 Å². The Kier molecular flexibility index (Phi) is 3.08. The van der Waals surface area contributed by atoms with Gasteiger partial charge in [-0.25, -0.2) is 4.39 Å². The van der Waals surface area contributed by atoms with Crippen LogP contribution in [0.2, 0.25) is 0 Å².